The van der Waals surface area contributed by atoms with Crippen LogP contribution in [0.4, 0.5) is 0 Å². The minimum Gasteiger partial charge on any atom is -0.507 e. The maximum absolute atomic E-state index is 13.5. The Balaban J connectivity index is 1.79. The van der Waals surface area contributed by atoms with Crippen molar-refractivity contribution in [1.29, 1.82) is 0 Å². The molecule has 0 aromatic heterocycles. The summed E-state index contributed by atoms with van der Waals surface area (Å²) in [4.78, 5) is 17.7. The summed E-state index contributed by atoms with van der Waals surface area (Å²) in [6, 6.07) is 3.95. The summed E-state index contributed by atoms with van der Waals surface area (Å²) >= 11 is 0. The minimum atomic E-state index is -3.52. The third-order valence-electron chi connectivity index (χ3n) is 11.4. The van der Waals surface area contributed by atoms with Crippen molar-refractivity contribution in [2.75, 3.05) is 6.26 Å². The summed E-state index contributed by atoms with van der Waals surface area (Å²) in [5, 5.41) is 11.3. The van der Waals surface area contributed by atoms with Crippen molar-refractivity contribution in [1.82, 2.24) is 0 Å². The van der Waals surface area contributed by atoms with E-state index < -0.39 is 15.9 Å². The molecule has 7 heteroatoms. The fourth-order valence-corrected chi connectivity index (χ4v) is 8.46. The van der Waals surface area contributed by atoms with Gasteiger partial charge < -0.3 is 5.11 Å². The molecule has 2 rings (SSSR count). The van der Waals surface area contributed by atoms with Crippen LogP contribution in [0.5, 0.6) is 5.75 Å². The largest absolute Gasteiger partial charge is 0.507 e. The van der Waals surface area contributed by atoms with E-state index >= 15 is 0 Å². The van der Waals surface area contributed by atoms with Crippen molar-refractivity contribution in [3.8, 4) is 5.75 Å². The molecular formula is C50H84N2O4S. The first-order chi connectivity index (χ1) is 27.7. The highest BCUT2D eigenvalue weighted by Crippen LogP contribution is 2.29. The number of unbranched alkanes of at least 4 members (excludes halogenated alkanes) is 30. The number of amides is 1. The average molecular weight is 809 g/mol. The summed E-state index contributed by atoms with van der Waals surface area (Å²) in [6.45, 7) is 4.56. The number of aliphatic imine (C=N–C) groups is 1. The van der Waals surface area contributed by atoms with Crippen molar-refractivity contribution in [3.05, 3.63) is 53.1 Å². The second kappa shape index (κ2) is 33.3. The van der Waals surface area contributed by atoms with Crippen molar-refractivity contribution in [2.45, 2.75) is 232 Å². The lowest BCUT2D eigenvalue weighted by Gasteiger charge is -2.12. The standard InChI is InChI=1S/C50H84N2O4S/c1-4-6-8-10-12-14-16-18-20-22-24-26-28-30-32-34-36-44-42-45(37-35-33-31-29-27-25-23-21-19-17-15-13-11-9-7-5-2)49(53)48(43-44)50(54)51-46-38-40-47(41-39-46)52-57(3,55)56/h38-43,53H,4-37H2,1-3H3. The molecule has 0 heterocycles. The predicted octanol–water partition coefficient (Wildman–Crippen LogP) is 15.1. The molecule has 0 atom stereocenters. The van der Waals surface area contributed by atoms with E-state index in [2.05, 4.69) is 29.3 Å². The Bertz CT molecular complexity index is 1420. The van der Waals surface area contributed by atoms with Gasteiger partial charge in [0.15, 0.2) is 0 Å². The quantitative estimate of drug-likeness (QED) is 0.0539. The molecule has 1 N–H and O–H groups in total. The normalized spacial score (nSPS) is 12.8. The number of benzene rings is 1. The van der Waals surface area contributed by atoms with E-state index in [1.807, 2.05) is 6.07 Å². The van der Waals surface area contributed by atoms with Crippen LogP contribution in [0.15, 0.2) is 45.8 Å². The molecule has 57 heavy (non-hydrogen) atoms. The lowest BCUT2D eigenvalue weighted by molar-refractivity contribution is 0.1000. The minimum absolute atomic E-state index is 0.0455. The zero-order valence-electron chi connectivity index (χ0n) is 37.0. The van der Waals surface area contributed by atoms with Gasteiger partial charge in [-0.15, -0.1) is 0 Å². The molecule has 0 saturated carbocycles. The highest BCUT2D eigenvalue weighted by atomic mass is 32.2. The molecule has 1 aromatic carbocycles. The molecule has 0 unspecified atom stereocenters. The summed E-state index contributed by atoms with van der Waals surface area (Å²) in [7, 11) is -3.52. The van der Waals surface area contributed by atoms with Gasteiger partial charge >= 0.3 is 0 Å². The zero-order valence-corrected chi connectivity index (χ0v) is 37.8. The van der Waals surface area contributed by atoms with Gasteiger partial charge in [0.1, 0.15) is 5.75 Å². The van der Waals surface area contributed by atoms with Gasteiger partial charge in [0.05, 0.1) is 23.2 Å². The molecule has 1 aliphatic carbocycles. The molecule has 0 aliphatic heterocycles. The number of aromatic hydroxyl groups is 1. The van der Waals surface area contributed by atoms with Crippen molar-refractivity contribution in [2.24, 2.45) is 9.39 Å². The highest BCUT2D eigenvalue weighted by molar-refractivity contribution is 7.89. The second-order valence-corrected chi connectivity index (χ2v) is 18.7. The number of hydrogen-bond donors (Lipinski definition) is 1. The number of aryl methyl sites for hydroxylation is 2. The molecule has 1 amide bonds. The first kappa shape index (κ1) is 50.6. The number of rotatable bonds is 36. The van der Waals surface area contributed by atoms with Gasteiger partial charge in [0.25, 0.3) is 15.9 Å². The molecule has 0 bridgehead atoms. The summed E-state index contributed by atoms with van der Waals surface area (Å²) in [5.41, 5.74) is 2.86. The second-order valence-electron chi connectivity index (χ2n) is 17.0. The van der Waals surface area contributed by atoms with Gasteiger partial charge in [-0.25, -0.2) is 13.4 Å². The first-order valence-electron chi connectivity index (χ1n) is 23.9. The number of nitrogens with zero attached hydrogens (tertiary/aromatic N) is 2. The number of phenols is 1. The Hall–Kier alpha value is -2.54. The van der Waals surface area contributed by atoms with Gasteiger partial charge in [0.2, 0.25) is 0 Å². The summed E-state index contributed by atoms with van der Waals surface area (Å²) in [6.07, 6.45) is 51.4. The van der Waals surface area contributed by atoms with E-state index in [4.69, 9.17) is 0 Å². The van der Waals surface area contributed by atoms with E-state index in [-0.39, 0.29) is 17.0 Å². The van der Waals surface area contributed by atoms with Crippen molar-refractivity contribution < 1.29 is 18.3 Å². The molecule has 1 aromatic rings. The van der Waals surface area contributed by atoms with Crippen LogP contribution in [0.3, 0.4) is 0 Å². The average Bonchev–Trinajstić information content (AvgIpc) is 3.18. The number of hydrogen-bond acceptors (Lipinski definition) is 4. The van der Waals surface area contributed by atoms with Crippen LogP contribution in [0, 0.1) is 0 Å². The predicted molar refractivity (Wildman–Crippen MR) is 247 cm³/mol. The van der Waals surface area contributed by atoms with Crippen LogP contribution >= 0.6 is 0 Å². The third kappa shape index (κ3) is 27.0. The Labute approximate surface area is 351 Å². The van der Waals surface area contributed by atoms with Crippen molar-refractivity contribution >= 4 is 27.4 Å². The Morgan fingerprint density at radius 2 is 0.825 bits per heavy atom. The number of carbonyl (C=O) groups is 1. The van der Waals surface area contributed by atoms with Gasteiger partial charge in [-0.3, -0.25) is 4.79 Å². The molecule has 0 saturated heterocycles. The SMILES string of the molecule is CCCCCCCCCCCCCCCCCCc1cc(CCCCCCCCCCCCCCCCCC)c(O)c(C(=O)N=C2C=CC(=NS(C)(=O)=O)C=C2)c1. The fraction of sp³-hybridized carbons (Fsp3) is 0.740. The summed E-state index contributed by atoms with van der Waals surface area (Å²) in [5.74, 6) is -0.438. The summed E-state index contributed by atoms with van der Waals surface area (Å²) < 4.78 is 26.7. The smallest absolute Gasteiger partial charge is 0.281 e. The van der Waals surface area contributed by atoms with Gasteiger partial charge in [-0.2, -0.15) is 4.40 Å². The van der Waals surface area contributed by atoms with E-state index in [0.717, 1.165) is 49.5 Å². The number of phenolic OH excluding ortho intramolecular Hbond substituents is 1. The van der Waals surface area contributed by atoms with Crippen LogP contribution in [0.25, 0.3) is 0 Å². The van der Waals surface area contributed by atoms with E-state index in [9.17, 15) is 18.3 Å². The molecule has 6 nitrogen and oxygen atoms in total. The van der Waals surface area contributed by atoms with Gasteiger partial charge in [-0.05, 0) is 67.2 Å². The van der Waals surface area contributed by atoms with Crippen LogP contribution in [0.1, 0.15) is 241 Å². The molecule has 0 radical (unpaired) electrons. The molecule has 0 spiro atoms. The molecule has 324 valence electrons. The van der Waals surface area contributed by atoms with Crippen LogP contribution in [-0.4, -0.2) is 37.1 Å². The highest BCUT2D eigenvalue weighted by Gasteiger charge is 2.17. The molecule has 0 fully saturated rings. The lowest BCUT2D eigenvalue weighted by atomic mass is 9.95. The van der Waals surface area contributed by atoms with Crippen molar-refractivity contribution in [3.63, 3.8) is 0 Å². The Kier molecular flexibility index (Phi) is 29.6. The van der Waals surface area contributed by atoms with E-state index in [1.54, 1.807) is 12.2 Å². The zero-order chi connectivity index (χ0) is 41.2. The molecular weight excluding hydrogens is 725 g/mol. The number of carbonyl (C=O) groups excluding carboxylic acids is 1. The van der Waals surface area contributed by atoms with Crippen LogP contribution in [-0.2, 0) is 22.9 Å². The fourth-order valence-electron chi connectivity index (χ4n) is 7.96. The Morgan fingerprint density at radius 3 is 1.19 bits per heavy atom. The van der Waals surface area contributed by atoms with Crippen LogP contribution < -0.4 is 0 Å². The number of allylic oxidation sites excluding steroid dienone is 4. The number of sulfonamides is 1. The maximum Gasteiger partial charge on any atom is 0.281 e. The lowest BCUT2D eigenvalue weighted by Crippen LogP contribution is -2.07. The van der Waals surface area contributed by atoms with E-state index in [1.165, 1.54) is 198 Å². The maximum atomic E-state index is 13.5. The first-order valence-corrected chi connectivity index (χ1v) is 25.7. The molecule has 1 aliphatic rings. The van der Waals surface area contributed by atoms with Gasteiger partial charge in [0, 0.05) is 0 Å². The van der Waals surface area contributed by atoms with Gasteiger partial charge in [-0.1, -0.05) is 213 Å². The van der Waals surface area contributed by atoms with Crippen LogP contribution in [0.2, 0.25) is 0 Å². The Morgan fingerprint density at radius 1 is 0.491 bits per heavy atom. The monoisotopic (exact) mass is 809 g/mol. The topological polar surface area (TPSA) is 96.2 Å². The van der Waals surface area contributed by atoms with E-state index in [0.29, 0.717) is 5.71 Å². The third-order valence-corrected chi connectivity index (χ3v) is 12.0.